The summed E-state index contributed by atoms with van der Waals surface area (Å²) in [5.41, 5.74) is 1.06. The van der Waals surface area contributed by atoms with Crippen LogP contribution in [0.5, 0.6) is 0 Å². The molecule has 0 spiro atoms. The molecule has 0 atom stereocenters. The molecule has 8 heteroatoms. The van der Waals surface area contributed by atoms with Gasteiger partial charge in [0.1, 0.15) is 11.5 Å². The van der Waals surface area contributed by atoms with Crippen molar-refractivity contribution in [3.8, 4) is 11.5 Å². The van der Waals surface area contributed by atoms with Crippen molar-refractivity contribution in [3.05, 3.63) is 41.8 Å². The summed E-state index contributed by atoms with van der Waals surface area (Å²) >= 11 is 0. The second-order valence-corrected chi connectivity index (χ2v) is 6.15. The number of carbonyl (C=O) groups is 1. The molecule has 0 unspecified atom stereocenters. The molecule has 3 aromatic heterocycles. The largest absolute Gasteiger partial charge is 0.463 e. The minimum absolute atomic E-state index is 0.121. The van der Waals surface area contributed by atoms with Gasteiger partial charge in [-0.1, -0.05) is 13.8 Å². The maximum Gasteiger partial charge on any atom is 0.274 e. The van der Waals surface area contributed by atoms with E-state index in [2.05, 4.69) is 38.8 Å². The fourth-order valence-corrected chi connectivity index (χ4v) is 2.93. The van der Waals surface area contributed by atoms with Gasteiger partial charge >= 0.3 is 0 Å². The maximum absolute atomic E-state index is 12.7. The number of furan rings is 1. The van der Waals surface area contributed by atoms with E-state index in [0.717, 1.165) is 11.6 Å². The topological polar surface area (TPSA) is 92.8 Å². The number of aromatic amines is 1. The SMILES string of the molecule is CC(C)c1nnc2n1CCN(C(=O)c1cc(-c3ccco3)[nH]n1)C2. The number of nitrogens with one attached hydrogen (secondary N) is 1. The molecular weight excluding hydrogens is 308 g/mol. The molecule has 124 valence electrons. The Morgan fingerprint density at radius 1 is 1.33 bits per heavy atom. The molecule has 0 saturated carbocycles. The highest BCUT2D eigenvalue weighted by Gasteiger charge is 2.27. The number of rotatable bonds is 3. The standard InChI is InChI=1S/C16H18N6O2/c1-10(2)15-20-19-14-9-21(5-6-22(14)15)16(23)12-8-11(17-18-12)13-4-3-7-24-13/h3-4,7-8,10H,5-6,9H2,1-2H3,(H,17,18). The summed E-state index contributed by atoms with van der Waals surface area (Å²) in [5, 5.41) is 15.4. The molecule has 0 bridgehead atoms. The van der Waals surface area contributed by atoms with Gasteiger partial charge in [0.25, 0.3) is 5.91 Å². The predicted molar refractivity (Wildman–Crippen MR) is 85.1 cm³/mol. The molecule has 1 aliphatic rings. The summed E-state index contributed by atoms with van der Waals surface area (Å²) in [6.45, 7) is 5.95. The minimum atomic E-state index is -0.121. The van der Waals surface area contributed by atoms with Gasteiger partial charge in [-0.3, -0.25) is 9.89 Å². The molecule has 8 nitrogen and oxygen atoms in total. The molecule has 3 aromatic rings. The van der Waals surface area contributed by atoms with Crippen molar-refractivity contribution < 1.29 is 9.21 Å². The Bertz CT molecular complexity index is 861. The molecule has 0 radical (unpaired) electrons. The van der Waals surface area contributed by atoms with Gasteiger partial charge in [-0.2, -0.15) is 5.10 Å². The van der Waals surface area contributed by atoms with E-state index in [0.29, 0.717) is 42.7 Å². The van der Waals surface area contributed by atoms with Crippen LogP contribution >= 0.6 is 0 Å². The van der Waals surface area contributed by atoms with Gasteiger partial charge in [0.15, 0.2) is 17.3 Å². The molecule has 4 heterocycles. The van der Waals surface area contributed by atoms with Gasteiger partial charge in [0.2, 0.25) is 0 Å². The average molecular weight is 326 g/mol. The summed E-state index contributed by atoms with van der Waals surface area (Å²) < 4.78 is 7.42. The first kappa shape index (κ1) is 14.7. The van der Waals surface area contributed by atoms with E-state index in [9.17, 15) is 4.79 Å². The monoisotopic (exact) mass is 326 g/mol. The van der Waals surface area contributed by atoms with Crippen LogP contribution in [-0.2, 0) is 13.1 Å². The zero-order valence-electron chi connectivity index (χ0n) is 13.6. The predicted octanol–water partition coefficient (Wildman–Crippen LogP) is 2.04. The summed E-state index contributed by atoms with van der Waals surface area (Å²) in [6.07, 6.45) is 1.58. The van der Waals surface area contributed by atoms with Gasteiger partial charge in [0, 0.05) is 25.1 Å². The van der Waals surface area contributed by atoms with Gasteiger partial charge in [-0.15, -0.1) is 10.2 Å². The van der Waals surface area contributed by atoms with E-state index in [1.54, 1.807) is 23.3 Å². The van der Waals surface area contributed by atoms with E-state index in [1.807, 2.05) is 6.07 Å². The smallest absolute Gasteiger partial charge is 0.274 e. The van der Waals surface area contributed by atoms with Crippen LogP contribution in [0.25, 0.3) is 11.5 Å². The lowest BCUT2D eigenvalue weighted by molar-refractivity contribution is 0.0700. The first-order valence-corrected chi connectivity index (χ1v) is 7.94. The third-order valence-corrected chi connectivity index (χ3v) is 4.17. The van der Waals surface area contributed by atoms with E-state index in [-0.39, 0.29) is 5.91 Å². The Kier molecular flexibility index (Phi) is 3.44. The molecule has 4 rings (SSSR count). The molecule has 0 aliphatic carbocycles. The second-order valence-electron chi connectivity index (χ2n) is 6.15. The fourth-order valence-electron chi connectivity index (χ4n) is 2.93. The minimum Gasteiger partial charge on any atom is -0.463 e. The summed E-state index contributed by atoms with van der Waals surface area (Å²) in [7, 11) is 0. The lowest BCUT2D eigenvalue weighted by Crippen LogP contribution is -2.39. The summed E-state index contributed by atoms with van der Waals surface area (Å²) in [5.74, 6) is 2.64. The number of nitrogens with zero attached hydrogens (tertiary/aromatic N) is 5. The molecule has 1 N–H and O–H groups in total. The first-order chi connectivity index (χ1) is 11.6. The van der Waals surface area contributed by atoms with Gasteiger partial charge < -0.3 is 13.9 Å². The first-order valence-electron chi connectivity index (χ1n) is 7.94. The molecule has 1 aliphatic heterocycles. The molecule has 24 heavy (non-hydrogen) atoms. The Morgan fingerprint density at radius 2 is 2.21 bits per heavy atom. The van der Waals surface area contributed by atoms with Gasteiger partial charge in [-0.25, -0.2) is 0 Å². The second kappa shape index (κ2) is 5.63. The van der Waals surface area contributed by atoms with E-state index in [1.165, 1.54) is 0 Å². The van der Waals surface area contributed by atoms with Crippen LogP contribution in [-0.4, -0.2) is 42.3 Å². The number of H-pyrrole nitrogens is 1. The van der Waals surface area contributed by atoms with E-state index in [4.69, 9.17) is 4.42 Å². The van der Waals surface area contributed by atoms with Crippen molar-refractivity contribution in [2.75, 3.05) is 6.54 Å². The van der Waals surface area contributed by atoms with Crippen molar-refractivity contribution >= 4 is 5.91 Å². The highest BCUT2D eigenvalue weighted by atomic mass is 16.3. The van der Waals surface area contributed by atoms with E-state index >= 15 is 0 Å². The zero-order valence-corrected chi connectivity index (χ0v) is 13.6. The maximum atomic E-state index is 12.7. The molecule has 0 saturated heterocycles. The third-order valence-electron chi connectivity index (χ3n) is 4.17. The lowest BCUT2D eigenvalue weighted by Gasteiger charge is -2.27. The molecule has 0 aromatic carbocycles. The average Bonchev–Trinajstić information content (AvgIpc) is 3.31. The summed E-state index contributed by atoms with van der Waals surface area (Å²) in [4.78, 5) is 14.4. The number of amides is 1. The van der Waals surface area contributed by atoms with Crippen molar-refractivity contribution in [2.24, 2.45) is 0 Å². The number of hydrogen-bond donors (Lipinski definition) is 1. The highest BCUT2D eigenvalue weighted by Crippen LogP contribution is 2.21. The Labute approximate surface area is 138 Å². The Balaban J connectivity index is 1.53. The van der Waals surface area contributed by atoms with E-state index < -0.39 is 0 Å². The zero-order chi connectivity index (χ0) is 16.7. The van der Waals surface area contributed by atoms with Crippen molar-refractivity contribution in [3.63, 3.8) is 0 Å². The fraction of sp³-hybridized carbons (Fsp3) is 0.375. The normalized spacial score (nSPS) is 14.2. The number of aromatic nitrogens is 5. The number of hydrogen-bond acceptors (Lipinski definition) is 5. The quantitative estimate of drug-likeness (QED) is 0.795. The molecule has 1 amide bonds. The lowest BCUT2D eigenvalue weighted by atomic mass is 10.2. The third kappa shape index (κ3) is 2.40. The van der Waals surface area contributed by atoms with Crippen LogP contribution in [0.2, 0.25) is 0 Å². The van der Waals surface area contributed by atoms with Crippen LogP contribution in [0.3, 0.4) is 0 Å². The molecular formula is C16H18N6O2. The Morgan fingerprint density at radius 3 is 2.96 bits per heavy atom. The Hall–Kier alpha value is -2.90. The highest BCUT2D eigenvalue weighted by molar-refractivity contribution is 5.93. The van der Waals surface area contributed by atoms with Crippen LogP contribution in [0.15, 0.2) is 28.9 Å². The van der Waals surface area contributed by atoms with Crippen LogP contribution in [0.1, 0.15) is 41.9 Å². The van der Waals surface area contributed by atoms with Crippen LogP contribution in [0, 0.1) is 0 Å². The van der Waals surface area contributed by atoms with Crippen molar-refractivity contribution in [1.29, 1.82) is 0 Å². The summed E-state index contributed by atoms with van der Waals surface area (Å²) in [6, 6.07) is 5.32. The van der Waals surface area contributed by atoms with Crippen molar-refractivity contribution in [1.82, 2.24) is 29.9 Å². The van der Waals surface area contributed by atoms with Crippen LogP contribution in [0.4, 0.5) is 0 Å². The molecule has 0 fully saturated rings. The van der Waals surface area contributed by atoms with Gasteiger partial charge in [-0.05, 0) is 12.1 Å². The number of carbonyl (C=O) groups excluding carboxylic acids is 1. The van der Waals surface area contributed by atoms with Gasteiger partial charge in [0.05, 0.1) is 12.8 Å². The number of fused-ring (bicyclic) bond motifs is 1. The van der Waals surface area contributed by atoms with Crippen molar-refractivity contribution in [2.45, 2.75) is 32.9 Å². The van der Waals surface area contributed by atoms with Crippen LogP contribution < -0.4 is 0 Å².